The maximum Gasteiger partial charge on any atom is 0.181 e. The number of aromatic nitrogens is 6. The van der Waals surface area contributed by atoms with Gasteiger partial charge in [-0.25, -0.2) is 4.98 Å². The third-order valence-electron chi connectivity index (χ3n) is 5.90. The second-order valence-corrected chi connectivity index (χ2v) is 9.64. The standard InChI is InChI=1S/C25H18N8S/c1-25(2,13-26)21-8-5-16(11-29-21)23-32-31-22-12-28-17-6-3-14(9-19(17)33(22)23)15-4-7-18-20(10-15)34-24(27)30-18/h3-12H,1-2H3,(H2,27,30). The van der Waals surface area contributed by atoms with Gasteiger partial charge in [-0.2, -0.15) is 5.26 Å². The van der Waals surface area contributed by atoms with Crippen LogP contribution in [0.2, 0.25) is 0 Å². The Morgan fingerprint density at radius 2 is 1.68 bits per heavy atom. The van der Waals surface area contributed by atoms with Crippen LogP contribution < -0.4 is 5.73 Å². The fourth-order valence-corrected chi connectivity index (χ4v) is 4.77. The van der Waals surface area contributed by atoms with Gasteiger partial charge in [-0.3, -0.25) is 14.4 Å². The highest BCUT2D eigenvalue weighted by atomic mass is 32.1. The Hall–Kier alpha value is -4.42. The van der Waals surface area contributed by atoms with Gasteiger partial charge in [-0.15, -0.1) is 10.2 Å². The Balaban J connectivity index is 1.52. The molecule has 0 fully saturated rings. The first-order chi connectivity index (χ1) is 16.4. The molecule has 0 atom stereocenters. The number of rotatable bonds is 3. The first kappa shape index (κ1) is 20.2. The first-order valence-electron chi connectivity index (χ1n) is 10.6. The topological polar surface area (TPSA) is 119 Å². The molecule has 0 bridgehead atoms. The van der Waals surface area contributed by atoms with Crippen molar-refractivity contribution in [1.82, 2.24) is 29.5 Å². The highest BCUT2D eigenvalue weighted by molar-refractivity contribution is 7.22. The van der Waals surface area contributed by atoms with Crippen molar-refractivity contribution >= 4 is 43.4 Å². The number of hydrogen-bond acceptors (Lipinski definition) is 8. The molecular weight excluding hydrogens is 444 g/mol. The van der Waals surface area contributed by atoms with Gasteiger partial charge < -0.3 is 5.73 Å². The summed E-state index contributed by atoms with van der Waals surface area (Å²) in [5, 5.41) is 18.7. The van der Waals surface area contributed by atoms with Crippen LogP contribution in [-0.4, -0.2) is 29.5 Å². The molecule has 9 heteroatoms. The molecule has 0 radical (unpaired) electrons. The number of nitrogen functional groups attached to an aromatic ring is 1. The number of thiazole rings is 1. The van der Waals surface area contributed by atoms with E-state index in [-0.39, 0.29) is 0 Å². The van der Waals surface area contributed by atoms with E-state index in [0.717, 1.165) is 37.9 Å². The summed E-state index contributed by atoms with van der Waals surface area (Å²) in [6.07, 6.45) is 3.45. The molecule has 0 aliphatic rings. The molecular formula is C25H18N8S. The predicted molar refractivity (Wildman–Crippen MR) is 133 cm³/mol. The number of hydrogen-bond donors (Lipinski definition) is 1. The largest absolute Gasteiger partial charge is 0.375 e. The highest BCUT2D eigenvalue weighted by Crippen LogP contribution is 2.32. The lowest BCUT2D eigenvalue weighted by Crippen LogP contribution is -2.15. The molecule has 6 aromatic rings. The maximum absolute atomic E-state index is 9.41. The number of pyridine rings is 1. The van der Waals surface area contributed by atoms with Crippen LogP contribution in [0, 0.1) is 11.3 Å². The minimum Gasteiger partial charge on any atom is -0.375 e. The molecule has 8 nitrogen and oxygen atoms in total. The summed E-state index contributed by atoms with van der Waals surface area (Å²) >= 11 is 1.47. The van der Waals surface area contributed by atoms with Gasteiger partial charge >= 0.3 is 0 Å². The summed E-state index contributed by atoms with van der Waals surface area (Å²) in [4.78, 5) is 13.4. The van der Waals surface area contributed by atoms with Crippen LogP contribution in [0.5, 0.6) is 0 Å². The SMILES string of the molecule is CC(C)(C#N)c1ccc(-c2nnc3cnc4ccc(-c5ccc6nc(N)sc6c5)cc4n23)cn1. The van der Waals surface area contributed by atoms with Crippen molar-refractivity contribution in [2.24, 2.45) is 0 Å². The number of fused-ring (bicyclic) bond motifs is 4. The average molecular weight is 463 g/mol. The average Bonchev–Trinajstić information content (AvgIpc) is 3.46. The Labute approximate surface area is 198 Å². The molecule has 0 saturated carbocycles. The van der Waals surface area contributed by atoms with E-state index in [0.29, 0.717) is 22.3 Å². The molecule has 2 aromatic carbocycles. The van der Waals surface area contributed by atoms with E-state index in [2.05, 4.69) is 49.4 Å². The van der Waals surface area contributed by atoms with Gasteiger partial charge in [0.2, 0.25) is 0 Å². The molecule has 0 amide bonds. The second kappa shape index (κ2) is 7.30. The molecule has 34 heavy (non-hydrogen) atoms. The van der Waals surface area contributed by atoms with Gasteiger partial charge in [-0.1, -0.05) is 23.5 Å². The van der Waals surface area contributed by atoms with Crippen molar-refractivity contribution in [2.45, 2.75) is 19.3 Å². The zero-order valence-electron chi connectivity index (χ0n) is 18.4. The van der Waals surface area contributed by atoms with E-state index >= 15 is 0 Å². The van der Waals surface area contributed by atoms with Gasteiger partial charge in [0.05, 0.1) is 44.6 Å². The third-order valence-corrected chi connectivity index (χ3v) is 6.75. The molecule has 0 saturated heterocycles. The quantitative estimate of drug-likeness (QED) is 0.393. The predicted octanol–water partition coefficient (Wildman–Crippen LogP) is 5.00. The van der Waals surface area contributed by atoms with Crippen LogP contribution >= 0.6 is 11.3 Å². The minimum absolute atomic E-state index is 0.559. The number of nitrogens with zero attached hydrogens (tertiary/aromatic N) is 7. The van der Waals surface area contributed by atoms with Gasteiger partial charge in [0.25, 0.3) is 0 Å². The van der Waals surface area contributed by atoms with E-state index < -0.39 is 5.41 Å². The summed E-state index contributed by atoms with van der Waals surface area (Å²) in [7, 11) is 0. The fraction of sp³-hybridized carbons (Fsp3) is 0.120. The Morgan fingerprint density at radius 3 is 2.44 bits per heavy atom. The summed E-state index contributed by atoms with van der Waals surface area (Å²) in [6.45, 7) is 3.69. The number of nitriles is 1. The summed E-state index contributed by atoms with van der Waals surface area (Å²) in [6, 6.07) is 18.4. The Morgan fingerprint density at radius 1 is 0.912 bits per heavy atom. The zero-order chi connectivity index (χ0) is 23.4. The first-order valence-corrected chi connectivity index (χ1v) is 11.4. The maximum atomic E-state index is 9.41. The molecule has 2 N–H and O–H groups in total. The van der Waals surface area contributed by atoms with Crippen LogP contribution in [0.15, 0.2) is 60.9 Å². The summed E-state index contributed by atoms with van der Waals surface area (Å²) in [5.74, 6) is 0.666. The summed E-state index contributed by atoms with van der Waals surface area (Å²) in [5.41, 5.74) is 12.1. The lowest BCUT2D eigenvalue weighted by Gasteiger charge is -2.14. The van der Waals surface area contributed by atoms with E-state index in [1.165, 1.54) is 11.3 Å². The van der Waals surface area contributed by atoms with E-state index in [9.17, 15) is 5.26 Å². The fourth-order valence-electron chi connectivity index (χ4n) is 4.00. The second-order valence-electron chi connectivity index (χ2n) is 8.58. The van der Waals surface area contributed by atoms with Crippen molar-refractivity contribution < 1.29 is 0 Å². The van der Waals surface area contributed by atoms with Crippen LogP contribution in [-0.2, 0) is 5.41 Å². The smallest absolute Gasteiger partial charge is 0.181 e. The van der Waals surface area contributed by atoms with Crippen molar-refractivity contribution in [3.63, 3.8) is 0 Å². The van der Waals surface area contributed by atoms with Gasteiger partial charge in [0.15, 0.2) is 16.6 Å². The molecule has 164 valence electrons. The van der Waals surface area contributed by atoms with Crippen LogP contribution in [0.4, 0.5) is 5.13 Å². The monoisotopic (exact) mass is 462 g/mol. The number of nitrogens with two attached hydrogens (primary N) is 1. The summed E-state index contributed by atoms with van der Waals surface area (Å²) < 4.78 is 3.03. The van der Waals surface area contributed by atoms with Gasteiger partial charge in [0, 0.05) is 11.8 Å². The lowest BCUT2D eigenvalue weighted by atomic mass is 9.90. The minimum atomic E-state index is -0.666. The van der Waals surface area contributed by atoms with E-state index in [1.54, 1.807) is 12.4 Å². The van der Waals surface area contributed by atoms with Crippen molar-refractivity contribution in [3.8, 4) is 28.6 Å². The molecule has 4 heterocycles. The number of anilines is 1. The molecule has 0 spiro atoms. The van der Waals surface area contributed by atoms with Crippen LogP contribution in [0.3, 0.4) is 0 Å². The lowest BCUT2D eigenvalue weighted by molar-refractivity contribution is 0.659. The molecule has 0 aliphatic heterocycles. The highest BCUT2D eigenvalue weighted by Gasteiger charge is 2.22. The molecule has 0 unspecified atom stereocenters. The van der Waals surface area contributed by atoms with E-state index in [1.807, 2.05) is 48.6 Å². The molecule has 4 aromatic heterocycles. The van der Waals surface area contributed by atoms with Gasteiger partial charge in [0.1, 0.15) is 0 Å². The molecule has 0 aliphatic carbocycles. The third kappa shape index (κ3) is 3.16. The van der Waals surface area contributed by atoms with Crippen LogP contribution in [0.25, 0.3) is 49.4 Å². The Bertz CT molecular complexity index is 1760. The zero-order valence-corrected chi connectivity index (χ0v) is 19.2. The Kier molecular flexibility index (Phi) is 4.34. The van der Waals surface area contributed by atoms with Crippen molar-refractivity contribution in [3.05, 3.63) is 66.6 Å². The van der Waals surface area contributed by atoms with E-state index in [4.69, 9.17) is 5.73 Å². The van der Waals surface area contributed by atoms with Gasteiger partial charge in [-0.05, 0) is 61.4 Å². The molecule has 6 rings (SSSR count). The normalized spacial score (nSPS) is 11.9. The number of benzene rings is 2. The van der Waals surface area contributed by atoms with Crippen LogP contribution in [0.1, 0.15) is 19.5 Å². The van der Waals surface area contributed by atoms with Crippen molar-refractivity contribution in [2.75, 3.05) is 5.73 Å². The van der Waals surface area contributed by atoms with Crippen molar-refractivity contribution in [1.29, 1.82) is 5.26 Å².